The van der Waals surface area contributed by atoms with E-state index in [4.69, 9.17) is 9.47 Å². The summed E-state index contributed by atoms with van der Waals surface area (Å²) in [4.78, 5) is 0. The molecule has 1 atom stereocenters. The normalized spacial score (nSPS) is 19.7. The number of hydrogen-bond acceptors (Lipinski definition) is 2. The lowest BCUT2D eigenvalue weighted by molar-refractivity contribution is 0.220. The van der Waals surface area contributed by atoms with Crippen molar-refractivity contribution in [1.82, 2.24) is 0 Å². The highest BCUT2D eigenvalue weighted by Crippen LogP contribution is 2.28. The van der Waals surface area contributed by atoms with Crippen molar-refractivity contribution in [3.05, 3.63) is 77.1 Å². The predicted molar refractivity (Wildman–Crippen MR) is 92.0 cm³/mol. The molecule has 116 valence electrons. The Hall–Kier alpha value is -2.06. The van der Waals surface area contributed by atoms with Gasteiger partial charge in [-0.3, -0.25) is 0 Å². The Bertz CT molecular complexity index is 633. The topological polar surface area (TPSA) is 18.5 Å². The fourth-order valence-electron chi connectivity index (χ4n) is 2.49. The summed E-state index contributed by atoms with van der Waals surface area (Å²) in [5, 5.41) is 0. The van der Waals surface area contributed by atoms with Gasteiger partial charge in [0.15, 0.2) is 0 Å². The molecule has 1 aromatic rings. The first kappa shape index (κ1) is 16.3. The van der Waals surface area contributed by atoms with Gasteiger partial charge in [0, 0.05) is 13.0 Å². The molecule has 0 fully saturated rings. The van der Waals surface area contributed by atoms with Gasteiger partial charge in [0.25, 0.3) is 0 Å². The number of hydrogen-bond donors (Lipinski definition) is 0. The monoisotopic (exact) mass is 296 g/mol. The lowest BCUT2D eigenvalue weighted by atomic mass is 9.88. The van der Waals surface area contributed by atoms with E-state index in [0.29, 0.717) is 6.61 Å². The van der Waals surface area contributed by atoms with E-state index in [0.717, 1.165) is 16.9 Å². The van der Waals surface area contributed by atoms with E-state index in [-0.39, 0.29) is 5.92 Å². The van der Waals surface area contributed by atoms with Gasteiger partial charge in [0.05, 0.1) is 12.9 Å². The first-order valence-electron chi connectivity index (χ1n) is 7.58. The number of ether oxygens (including phenoxy) is 2. The highest BCUT2D eigenvalue weighted by Gasteiger charge is 2.16. The van der Waals surface area contributed by atoms with Gasteiger partial charge in [-0.25, -0.2) is 0 Å². The summed E-state index contributed by atoms with van der Waals surface area (Å²) in [5.74, 6) is 1.11. The highest BCUT2D eigenvalue weighted by atomic mass is 16.5. The summed E-state index contributed by atoms with van der Waals surface area (Å²) in [6.07, 6.45) is 12.3. The van der Waals surface area contributed by atoms with Crippen molar-refractivity contribution in [3.63, 3.8) is 0 Å². The summed E-state index contributed by atoms with van der Waals surface area (Å²) in [6, 6.07) is 6.24. The van der Waals surface area contributed by atoms with Crippen LogP contribution in [-0.2, 0) is 4.74 Å². The van der Waals surface area contributed by atoms with Crippen LogP contribution >= 0.6 is 0 Å². The molecule has 0 N–H and O–H groups in total. The van der Waals surface area contributed by atoms with Crippen LogP contribution in [0.1, 0.15) is 18.1 Å². The molecule has 0 heterocycles. The van der Waals surface area contributed by atoms with E-state index in [1.165, 1.54) is 11.1 Å². The maximum absolute atomic E-state index is 5.94. The minimum atomic E-state index is 0.208. The number of allylic oxidation sites excluding steroid dienone is 6. The third kappa shape index (κ3) is 3.99. The molecule has 22 heavy (non-hydrogen) atoms. The number of aryl methyl sites for hydroxylation is 2. The van der Waals surface area contributed by atoms with Crippen LogP contribution in [0.4, 0.5) is 0 Å². The smallest absolute Gasteiger partial charge is 0.129 e. The van der Waals surface area contributed by atoms with Crippen LogP contribution in [0.3, 0.4) is 0 Å². The SMILES string of the molecule is CC=C(COC)C1C=CC=CC1=COc1cc(C)ccc1C. The Morgan fingerprint density at radius 2 is 2.05 bits per heavy atom. The second-order valence-corrected chi connectivity index (χ2v) is 5.52. The van der Waals surface area contributed by atoms with Crippen molar-refractivity contribution < 1.29 is 9.47 Å². The quantitative estimate of drug-likeness (QED) is 0.568. The van der Waals surface area contributed by atoms with Crippen molar-refractivity contribution in [2.24, 2.45) is 5.92 Å². The molecule has 0 spiro atoms. The lowest BCUT2D eigenvalue weighted by Crippen LogP contribution is -2.11. The maximum Gasteiger partial charge on any atom is 0.129 e. The Balaban J connectivity index is 2.23. The average Bonchev–Trinajstić information content (AvgIpc) is 2.54. The van der Waals surface area contributed by atoms with E-state index in [9.17, 15) is 0 Å². The van der Waals surface area contributed by atoms with Gasteiger partial charge < -0.3 is 9.47 Å². The predicted octanol–water partition coefficient (Wildman–Crippen LogP) is 4.90. The minimum Gasteiger partial charge on any atom is -0.464 e. The largest absolute Gasteiger partial charge is 0.464 e. The second-order valence-electron chi connectivity index (χ2n) is 5.52. The number of methoxy groups -OCH3 is 1. The number of rotatable bonds is 5. The molecule has 0 bridgehead atoms. The molecular formula is C20H24O2. The van der Waals surface area contributed by atoms with E-state index in [2.05, 4.69) is 56.4 Å². The molecule has 0 amide bonds. The van der Waals surface area contributed by atoms with E-state index in [1.54, 1.807) is 7.11 Å². The molecule has 1 unspecified atom stereocenters. The Labute approximate surface area is 133 Å². The molecule has 2 heteroatoms. The Kier molecular flexibility index (Phi) is 5.79. The van der Waals surface area contributed by atoms with Crippen molar-refractivity contribution in [2.45, 2.75) is 20.8 Å². The summed E-state index contributed by atoms with van der Waals surface area (Å²) >= 11 is 0. The van der Waals surface area contributed by atoms with Crippen LogP contribution in [-0.4, -0.2) is 13.7 Å². The average molecular weight is 296 g/mol. The summed E-state index contributed by atoms with van der Waals surface area (Å²) < 4.78 is 11.2. The van der Waals surface area contributed by atoms with Gasteiger partial charge >= 0.3 is 0 Å². The first-order valence-corrected chi connectivity index (χ1v) is 7.58. The minimum absolute atomic E-state index is 0.208. The fourth-order valence-corrected chi connectivity index (χ4v) is 2.49. The van der Waals surface area contributed by atoms with Crippen molar-refractivity contribution in [1.29, 1.82) is 0 Å². The highest BCUT2D eigenvalue weighted by molar-refractivity contribution is 5.41. The zero-order chi connectivity index (χ0) is 15.9. The molecule has 1 aromatic carbocycles. The standard InChI is InChI=1S/C20H24O2/c1-5-17(13-21-4)19-9-7-6-8-18(19)14-22-20-12-15(2)10-11-16(20)3/h5-12,14,19H,13H2,1-4H3. The summed E-state index contributed by atoms with van der Waals surface area (Å²) in [5.41, 5.74) is 4.70. The van der Waals surface area contributed by atoms with Crippen molar-refractivity contribution in [3.8, 4) is 5.75 Å². The van der Waals surface area contributed by atoms with E-state index < -0.39 is 0 Å². The molecule has 0 saturated heterocycles. The Morgan fingerprint density at radius 3 is 2.77 bits per heavy atom. The molecule has 1 aliphatic carbocycles. The molecule has 0 aromatic heterocycles. The van der Waals surface area contributed by atoms with Gasteiger partial charge in [-0.15, -0.1) is 0 Å². The van der Waals surface area contributed by atoms with Crippen LogP contribution in [0, 0.1) is 19.8 Å². The lowest BCUT2D eigenvalue weighted by Gasteiger charge is -2.20. The fraction of sp³-hybridized carbons (Fsp3) is 0.300. The van der Waals surface area contributed by atoms with Gasteiger partial charge in [-0.05, 0) is 49.1 Å². The second kappa shape index (κ2) is 7.81. The van der Waals surface area contributed by atoms with Crippen LogP contribution in [0.25, 0.3) is 0 Å². The molecule has 0 aliphatic heterocycles. The zero-order valence-corrected chi connectivity index (χ0v) is 13.8. The van der Waals surface area contributed by atoms with Crippen molar-refractivity contribution in [2.75, 3.05) is 13.7 Å². The van der Waals surface area contributed by atoms with Crippen LogP contribution in [0.15, 0.2) is 66.0 Å². The summed E-state index contributed by atoms with van der Waals surface area (Å²) in [7, 11) is 1.72. The van der Waals surface area contributed by atoms with Gasteiger partial charge in [-0.1, -0.05) is 42.5 Å². The maximum atomic E-state index is 5.94. The first-order chi connectivity index (χ1) is 10.7. The molecule has 1 aliphatic rings. The van der Waals surface area contributed by atoms with Crippen LogP contribution < -0.4 is 4.74 Å². The third-order valence-corrected chi connectivity index (χ3v) is 3.81. The Morgan fingerprint density at radius 1 is 1.23 bits per heavy atom. The number of benzene rings is 1. The van der Waals surface area contributed by atoms with Gasteiger partial charge in [0.2, 0.25) is 0 Å². The molecular weight excluding hydrogens is 272 g/mol. The van der Waals surface area contributed by atoms with Crippen LogP contribution in [0.5, 0.6) is 5.75 Å². The van der Waals surface area contributed by atoms with Gasteiger partial charge in [0.1, 0.15) is 5.75 Å². The molecule has 0 radical (unpaired) electrons. The molecule has 2 rings (SSSR count). The van der Waals surface area contributed by atoms with Gasteiger partial charge in [-0.2, -0.15) is 0 Å². The molecule has 0 saturated carbocycles. The third-order valence-electron chi connectivity index (χ3n) is 3.81. The van der Waals surface area contributed by atoms with Crippen molar-refractivity contribution >= 4 is 0 Å². The molecule has 2 nitrogen and oxygen atoms in total. The summed E-state index contributed by atoms with van der Waals surface area (Å²) in [6.45, 7) is 6.80. The zero-order valence-electron chi connectivity index (χ0n) is 13.8. The van der Waals surface area contributed by atoms with Crippen LogP contribution in [0.2, 0.25) is 0 Å². The van der Waals surface area contributed by atoms with E-state index >= 15 is 0 Å². The van der Waals surface area contributed by atoms with E-state index in [1.807, 2.05) is 19.3 Å².